The van der Waals surface area contributed by atoms with E-state index in [2.05, 4.69) is 10.0 Å². The number of carbonyl (C=O) groups is 1. The smallest absolute Gasteiger partial charge is 0.240 e. The van der Waals surface area contributed by atoms with E-state index in [1.54, 1.807) is 18.2 Å². The lowest BCUT2D eigenvalue weighted by atomic mass is 10.1. The van der Waals surface area contributed by atoms with Crippen LogP contribution in [0.1, 0.15) is 18.0 Å². The molecule has 0 aliphatic rings. The monoisotopic (exact) mass is 425 g/mol. The van der Waals surface area contributed by atoms with E-state index in [9.17, 15) is 13.2 Å². The van der Waals surface area contributed by atoms with E-state index in [1.807, 2.05) is 73.6 Å². The number of carbonyl (C=O) groups excluding carboxylic acids is 1. The predicted octanol–water partition coefficient (Wildman–Crippen LogP) is 2.93. The molecule has 0 aliphatic heterocycles. The van der Waals surface area contributed by atoms with Crippen molar-refractivity contribution in [3.63, 3.8) is 0 Å². The van der Waals surface area contributed by atoms with Crippen molar-refractivity contribution in [3.8, 4) is 0 Å². The lowest BCUT2D eigenvalue weighted by Crippen LogP contribution is -2.37. The summed E-state index contributed by atoms with van der Waals surface area (Å²) in [5, 5.41) is 4.83. The molecule has 0 heterocycles. The molecule has 0 aromatic heterocycles. The fraction of sp³-hybridized carbons (Fsp3) is 0.261. The Kier molecular flexibility index (Phi) is 7.20. The summed E-state index contributed by atoms with van der Waals surface area (Å²) in [5.41, 5.74) is 1.01. The molecule has 3 aromatic carbocycles. The van der Waals surface area contributed by atoms with Crippen LogP contribution in [0.25, 0.3) is 10.8 Å². The SMILES string of the molecule is CN(C)C[C@H](NC(=O)CCNS(=O)(=O)c1ccc2ccccc2c1)c1ccccc1. The van der Waals surface area contributed by atoms with Gasteiger partial charge in [0.05, 0.1) is 10.9 Å². The number of nitrogens with one attached hydrogen (secondary N) is 2. The van der Waals surface area contributed by atoms with E-state index >= 15 is 0 Å². The largest absolute Gasteiger partial charge is 0.348 e. The van der Waals surface area contributed by atoms with Crippen molar-refractivity contribution >= 4 is 26.7 Å². The second-order valence-electron chi connectivity index (χ2n) is 7.45. The fourth-order valence-corrected chi connectivity index (χ4v) is 4.33. The number of amides is 1. The Labute approximate surface area is 178 Å². The van der Waals surface area contributed by atoms with E-state index in [0.29, 0.717) is 6.54 Å². The first kappa shape index (κ1) is 22.0. The van der Waals surface area contributed by atoms with Gasteiger partial charge in [0.1, 0.15) is 0 Å². The van der Waals surface area contributed by atoms with E-state index in [4.69, 9.17) is 0 Å². The lowest BCUT2D eigenvalue weighted by molar-refractivity contribution is -0.121. The van der Waals surface area contributed by atoms with Gasteiger partial charge in [0.15, 0.2) is 0 Å². The first-order valence-corrected chi connectivity index (χ1v) is 11.3. The first-order valence-electron chi connectivity index (χ1n) is 9.83. The lowest BCUT2D eigenvalue weighted by Gasteiger charge is -2.23. The van der Waals surface area contributed by atoms with E-state index < -0.39 is 10.0 Å². The Morgan fingerprint density at radius 2 is 1.60 bits per heavy atom. The highest BCUT2D eigenvalue weighted by molar-refractivity contribution is 7.89. The van der Waals surface area contributed by atoms with Crippen LogP contribution in [0.3, 0.4) is 0 Å². The Morgan fingerprint density at radius 3 is 2.30 bits per heavy atom. The van der Waals surface area contributed by atoms with Crippen LogP contribution in [0.4, 0.5) is 0 Å². The van der Waals surface area contributed by atoms with Crippen LogP contribution >= 0.6 is 0 Å². The second kappa shape index (κ2) is 9.84. The third-order valence-electron chi connectivity index (χ3n) is 4.76. The summed E-state index contributed by atoms with van der Waals surface area (Å²) in [5.74, 6) is -0.202. The van der Waals surface area contributed by atoms with Gasteiger partial charge in [0, 0.05) is 19.5 Å². The maximum atomic E-state index is 12.6. The van der Waals surface area contributed by atoms with Crippen molar-refractivity contribution < 1.29 is 13.2 Å². The molecule has 3 rings (SSSR count). The number of likely N-dealkylation sites (N-methyl/N-ethyl adjacent to an activating group) is 1. The molecule has 0 radical (unpaired) electrons. The molecule has 0 bridgehead atoms. The number of benzene rings is 3. The van der Waals surface area contributed by atoms with Gasteiger partial charge in [-0.1, -0.05) is 60.7 Å². The molecule has 0 fully saturated rings. The highest BCUT2D eigenvalue weighted by atomic mass is 32.2. The zero-order valence-corrected chi connectivity index (χ0v) is 18.0. The van der Waals surface area contributed by atoms with Crippen LogP contribution in [0, 0.1) is 0 Å². The minimum atomic E-state index is -3.69. The van der Waals surface area contributed by atoms with Crippen molar-refractivity contribution in [1.29, 1.82) is 0 Å². The number of nitrogens with zero attached hydrogens (tertiary/aromatic N) is 1. The van der Waals surface area contributed by atoms with Gasteiger partial charge in [-0.2, -0.15) is 0 Å². The maximum absolute atomic E-state index is 12.6. The third-order valence-corrected chi connectivity index (χ3v) is 6.22. The quantitative estimate of drug-likeness (QED) is 0.553. The molecular weight excluding hydrogens is 398 g/mol. The molecule has 0 aliphatic carbocycles. The number of hydrogen-bond acceptors (Lipinski definition) is 4. The van der Waals surface area contributed by atoms with Crippen LogP contribution in [-0.4, -0.2) is 46.4 Å². The molecule has 30 heavy (non-hydrogen) atoms. The molecule has 3 aromatic rings. The van der Waals surface area contributed by atoms with Gasteiger partial charge in [0.25, 0.3) is 0 Å². The predicted molar refractivity (Wildman–Crippen MR) is 120 cm³/mol. The fourth-order valence-electron chi connectivity index (χ4n) is 3.27. The maximum Gasteiger partial charge on any atom is 0.240 e. The molecule has 158 valence electrons. The average Bonchev–Trinajstić information content (AvgIpc) is 2.73. The Balaban J connectivity index is 1.59. The van der Waals surface area contributed by atoms with Gasteiger partial charge in [-0.15, -0.1) is 0 Å². The molecule has 2 N–H and O–H groups in total. The summed E-state index contributed by atoms with van der Waals surface area (Å²) >= 11 is 0. The van der Waals surface area contributed by atoms with Gasteiger partial charge in [-0.3, -0.25) is 4.79 Å². The summed E-state index contributed by atoms with van der Waals surface area (Å²) in [6.07, 6.45) is 0.0591. The summed E-state index contributed by atoms with van der Waals surface area (Å²) in [6.45, 7) is 0.684. The van der Waals surface area contributed by atoms with Crippen LogP contribution < -0.4 is 10.0 Å². The van der Waals surface area contributed by atoms with E-state index in [1.165, 1.54) is 0 Å². The Morgan fingerprint density at radius 1 is 0.933 bits per heavy atom. The number of fused-ring (bicyclic) bond motifs is 1. The van der Waals surface area contributed by atoms with Crippen LogP contribution in [-0.2, 0) is 14.8 Å². The first-order chi connectivity index (χ1) is 14.3. The minimum absolute atomic E-state index is 0.0322. The molecule has 0 spiro atoms. The summed E-state index contributed by atoms with van der Waals surface area (Å²) in [4.78, 5) is 14.6. The summed E-state index contributed by atoms with van der Waals surface area (Å²) < 4.78 is 27.7. The molecule has 0 saturated carbocycles. The van der Waals surface area contributed by atoms with Crippen molar-refractivity contribution in [2.24, 2.45) is 0 Å². The van der Waals surface area contributed by atoms with E-state index in [-0.39, 0.29) is 29.8 Å². The van der Waals surface area contributed by atoms with Crippen molar-refractivity contribution in [3.05, 3.63) is 78.4 Å². The molecule has 1 atom stereocenters. The van der Waals surface area contributed by atoms with Gasteiger partial charge in [-0.05, 0) is 42.6 Å². The van der Waals surface area contributed by atoms with Gasteiger partial charge in [0.2, 0.25) is 15.9 Å². The van der Waals surface area contributed by atoms with Crippen LogP contribution in [0.2, 0.25) is 0 Å². The van der Waals surface area contributed by atoms with E-state index in [0.717, 1.165) is 16.3 Å². The summed E-state index contributed by atoms with van der Waals surface area (Å²) in [6, 6.07) is 22.1. The standard InChI is InChI=1S/C23H27N3O3S/c1-26(2)17-22(19-9-4-3-5-10-19)25-23(27)14-15-24-30(28,29)21-13-12-18-8-6-7-11-20(18)16-21/h3-13,16,22,24H,14-15,17H2,1-2H3,(H,25,27)/t22-/m0/s1. The summed E-state index contributed by atoms with van der Waals surface area (Å²) in [7, 11) is 0.203. The number of hydrogen-bond donors (Lipinski definition) is 2. The van der Waals surface area contributed by atoms with Crippen LogP contribution in [0.15, 0.2) is 77.7 Å². The second-order valence-corrected chi connectivity index (χ2v) is 9.22. The van der Waals surface area contributed by atoms with Crippen molar-refractivity contribution in [2.45, 2.75) is 17.4 Å². The third kappa shape index (κ3) is 5.89. The van der Waals surface area contributed by atoms with Gasteiger partial charge in [-0.25, -0.2) is 13.1 Å². The average molecular weight is 426 g/mol. The number of rotatable bonds is 9. The molecular formula is C23H27N3O3S. The zero-order chi connectivity index (χ0) is 21.6. The molecule has 1 amide bonds. The topological polar surface area (TPSA) is 78.5 Å². The highest BCUT2D eigenvalue weighted by Gasteiger charge is 2.17. The number of sulfonamides is 1. The van der Waals surface area contributed by atoms with Gasteiger partial charge < -0.3 is 10.2 Å². The highest BCUT2D eigenvalue weighted by Crippen LogP contribution is 2.19. The van der Waals surface area contributed by atoms with Gasteiger partial charge >= 0.3 is 0 Å². The Bertz CT molecular complexity index is 1100. The van der Waals surface area contributed by atoms with Crippen molar-refractivity contribution in [1.82, 2.24) is 14.9 Å². The van der Waals surface area contributed by atoms with Crippen molar-refractivity contribution in [2.75, 3.05) is 27.2 Å². The Hall–Kier alpha value is -2.74. The normalized spacial score (nSPS) is 12.8. The molecule has 6 nitrogen and oxygen atoms in total. The molecule has 0 saturated heterocycles. The molecule has 0 unspecified atom stereocenters. The minimum Gasteiger partial charge on any atom is -0.348 e. The van der Waals surface area contributed by atoms with Crippen LogP contribution in [0.5, 0.6) is 0 Å². The molecule has 7 heteroatoms. The zero-order valence-electron chi connectivity index (χ0n) is 17.2.